The van der Waals surface area contributed by atoms with Crippen LogP contribution in [0, 0.1) is 6.92 Å². The van der Waals surface area contributed by atoms with E-state index in [1.54, 1.807) is 15.7 Å². The van der Waals surface area contributed by atoms with Crippen molar-refractivity contribution in [3.63, 3.8) is 0 Å². The summed E-state index contributed by atoms with van der Waals surface area (Å²) in [6.45, 7) is 27.8. The first-order chi connectivity index (χ1) is 19.1. The van der Waals surface area contributed by atoms with E-state index in [9.17, 15) is 9.59 Å². The molecule has 0 unspecified atom stereocenters. The number of nitrogens with zero attached hydrogens (tertiary/aromatic N) is 4. The molecule has 11 heteroatoms. The Hall–Kier alpha value is -2.79. The van der Waals surface area contributed by atoms with Gasteiger partial charge in [0.05, 0.1) is 28.5 Å². The van der Waals surface area contributed by atoms with Crippen LogP contribution in [-0.4, -0.2) is 82.3 Å². The molecule has 2 saturated heterocycles. The average Bonchev–Trinajstić information content (AvgIpc) is 3.28. The van der Waals surface area contributed by atoms with Gasteiger partial charge in [0.1, 0.15) is 17.0 Å². The topological polar surface area (TPSA) is 95.4 Å². The van der Waals surface area contributed by atoms with Crippen LogP contribution in [0.1, 0.15) is 100 Å². The largest absolute Gasteiger partial charge is 0.513 e. The molecule has 2 fully saturated rings. The van der Waals surface area contributed by atoms with Gasteiger partial charge in [0.25, 0.3) is 0 Å². The molecule has 2 aliphatic heterocycles. The van der Waals surface area contributed by atoms with Crippen LogP contribution in [0.15, 0.2) is 6.20 Å². The third-order valence-electron chi connectivity index (χ3n) is 8.16. The number of aromatic nitrogens is 2. The van der Waals surface area contributed by atoms with Crippen LogP contribution < -0.4 is 10.5 Å². The van der Waals surface area contributed by atoms with Gasteiger partial charge >= 0.3 is 19.3 Å². The number of hydrogen-bond acceptors (Lipinski definition) is 8. The highest BCUT2D eigenvalue weighted by Gasteiger charge is 2.54. The van der Waals surface area contributed by atoms with Gasteiger partial charge in [-0.25, -0.2) is 14.6 Å². The molecule has 4 rings (SSSR count). The van der Waals surface area contributed by atoms with Crippen LogP contribution >= 0.6 is 0 Å². The first-order valence-corrected chi connectivity index (χ1v) is 15.0. The van der Waals surface area contributed by atoms with Crippen molar-refractivity contribution < 1.29 is 28.4 Å². The van der Waals surface area contributed by atoms with Gasteiger partial charge in [-0.1, -0.05) is 13.8 Å². The van der Waals surface area contributed by atoms with Crippen LogP contribution in [0.2, 0.25) is 0 Å². The number of piperazine rings is 1. The van der Waals surface area contributed by atoms with Crippen molar-refractivity contribution in [2.45, 2.75) is 118 Å². The number of fused-ring (bicyclic) bond motifs is 1. The Balaban J connectivity index is 1.81. The molecule has 0 radical (unpaired) electrons. The highest BCUT2D eigenvalue weighted by atomic mass is 16.7. The lowest BCUT2D eigenvalue weighted by Gasteiger charge is -2.36. The summed E-state index contributed by atoms with van der Waals surface area (Å²) in [4.78, 5) is 35.3. The van der Waals surface area contributed by atoms with E-state index in [2.05, 4.69) is 18.7 Å². The fourth-order valence-corrected chi connectivity index (χ4v) is 5.50. The van der Waals surface area contributed by atoms with E-state index in [0.29, 0.717) is 37.3 Å². The SMILES string of the molecule is Cc1c(N2CCN(C(=O)OC(C)(C)C)CC2)ncc2c1c(C(C)C)c(B1OC(C)(C)C(C)(C)O1)n2C(=O)OC(C)(C)C. The van der Waals surface area contributed by atoms with Crippen LogP contribution in [0.25, 0.3) is 10.9 Å². The quantitative estimate of drug-likeness (QED) is 0.430. The van der Waals surface area contributed by atoms with Crippen LogP contribution in [0.5, 0.6) is 0 Å². The first kappa shape index (κ1) is 32.1. The number of rotatable bonds is 3. The zero-order valence-electron chi connectivity index (χ0n) is 27.8. The highest BCUT2D eigenvalue weighted by molar-refractivity contribution is 6.63. The van der Waals surface area contributed by atoms with Crippen molar-refractivity contribution in [2.75, 3.05) is 31.1 Å². The molecule has 0 bridgehead atoms. The van der Waals surface area contributed by atoms with E-state index in [1.807, 2.05) is 76.2 Å². The zero-order chi connectivity index (χ0) is 31.6. The van der Waals surface area contributed by atoms with Gasteiger partial charge in [-0.15, -0.1) is 0 Å². The van der Waals surface area contributed by atoms with Gasteiger partial charge in [0.2, 0.25) is 0 Å². The van der Waals surface area contributed by atoms with Gasteiger partial charge in [-0.2, -0.15) is 0 Å². The van der Waals surface area contributed by atoms with Crippen molar-refractivity contribution in [2.24, 2.45) is 0 Å². The number of aryl methyl sites for hydroxylation is 1. The van der Waals surface area contributed by atoms with Gasteiger partial charge in [0.15, 0.2) is 0 Å². The van der Waals surface area contributed by atoms with Crippen molar-refractivity contribution in [1.29, 1.82) is 0 Å². The second kappa shape index (κ2) is 10.7. The minimum Gasteiger partial charge on any atom is -0.444 e. The van der Waals surface area contributed by atoms with Crippen molar-refractivity contribution in [3.8, 4) is 0 Å². The number of pyridine rings is 1. The summed E-state index contributed by atoms with van der Waals surface area (Å²) in [5, 5.41) is 0.945. The maximum Gasteiger partial charge on any atom is 0.513 e. The number of ether oxygens (including phenoxy) is 2. The molecular weight excluding hydrogens is 535 g/mol. The molecule has 10 nitrogen and oxygen atoms in total. The van der Waals surface area contributed by atoms with Gasteiger partial charge in [0, 0.05) is 37.1 Å². The van der Waals surface area contributed by atoms with E-state index in [0.717, 1.165) is 22.3 Å². The lowest BCUT2D eigenvalue weighted by molar-refractivity contribution is 0.00578. The van der Waals surface area contributed by atoms with Crippen LogP contribution in [-0.2, 0) is 18.8 Å². The van der Waals surface area contributed by atoms with E-state index >= 15 is 0 Å². The standard InChI is InChI=1S/C31H49BN4O6/c1-19(2)22-23-20(3)25(34-14-16-35(17-15-34)26(37)39-28(4,5)6)33-18-21(23)36(27(38)40-29(7,8)9)24(22)32-41-30(10,11)31(12,13)42-32/h18-19H,14-17H2,1-13H3. The van der Waals surface area contributed by atoms with Crippen molar-refractivity contribution in [1.82, 2.24) is 14.5 Å². The Morgan fingerprint density at radius 2 is 1.40 bits per heavy atom. The van der Waals surface area contributed by atoms with Crippen molar-refractivity contribution >= 4 is 41.6 Å². The summed E-state index contributed by atoms with van der Waals surface area (Å²) in [5.41, 5.74) is 0.817. The summed E-state index contributed by atoms with van der Waals surface area (Å²) in [6, 6.07) is 0. The number of anilines is 1. The van der Waals surface area contributed by atoms with E-state index in [4.69, 9.17) is 23.8 Å². The monoisotopic (exact) mass is 584 g/mol. The molecule has 0 atom stereocenters. The molecule has 0 N–H and O–H groups in total. The predicted molar refractivity (Wildman–Crippen MR) is 166 cm³/mol. The molecule has 2 aromatic heterocycles. The predicted octanol–water partition coefficient (Wildman–Crippen LogP) is 5.61. The van der Waals surface area contributed by atoms with Gasteiger partial charge in [-0.05, 0) is 87.6 Å². The molecule has 4 heterocycles. The maximum atomic E-state index is 13.8. The zero-order valence-corrected chi connectivity index (χ0v) is 27.8. The van der Waals surface area contributed by atoms with E-state index in [-0.39, 0.29) is 12.0 Å². The molecule has 0 saturated carbocycles. The summed E-state index contributed by atoms with van der Waals surface area (Å²) >= 11 is 0. The fourth-order valence-electron chi connectivity index (χ4n) is 5.50. The average molecular weight is 585 g/mol. The number of amides is 1. The molecule has 1 amide bonds. The molecule has 232 valence electrons. The molecule has 2 aromatic rings. The Kier molecular flexibility index (Phi) is 8.21. The normalized spacial score (nSPS) is 19.1. The first-order valence-electron chi connectivity index (χ1n) is 15.0. The summed E-state index contributed by atoms with van der Waals surface area (Å²) in [7, 11) is -0.771. The number of carbonyl (C=O) groups excluding carboxylic acids is 2. The van der Waals surface area contributed by atoms with Crippen LogP contribution in [0.3, 0.4) is 0 Å². The smallest absolute Gasteiger partial charge is 0.444 e. The maximum absolute atomic E-state index is 13.8. The Morgan fingerprint density at radius 3 is 1.88 bits per heavy atom. The van der Waals surface area contributed by atoms with Gasteiger partial charge < -0.3 is 28.6 Å². The molecular formula is C31H49BN4O6. The lowest BCUT2D eigenvalue weighted by atomic mass is 9.78. The Morgan fingerprint density at radius 1 is 0.905 bits per heavy atom. The second-order valence-corrected chi connectivity index (χ2v) is 14.8. The minimum atomic E-state index is -0.771. The molecule has 0 aliphatic carbocycles. The molecule has 0 aromatic carbocycles. The Bertz CT molecular complexity index is 1340. The lowest BCUT2D eigenvalue weighted by Crippen LogP contribution is -2.50. The second-order valence-electron chi connectivity index (χ2n) is 14.8. The third-order valence-corrected chi connectivity index (χ3v) is 8.16. The van der Waals surface area contributed by atoms with E-state index < -0.39 is 35.6 Å². The molecule has 2 aliphatic rings. The van der Waals surface area contributed by atoms with Gasteiger partial charge in [-0.3, -0.25) is 4.57 Å². The highest BCUT2D eigenvalue weighted by Crippen LogP contribution is 2.40. The van der Waals surface area contributed by atoms with E-state index in [1.165, 1.54) is 0 Å². The fraction of sp³-hybridized carbons (Fsp3) is 0.710. The Labute approximate surface area is 251 Å². The number of hydrogen-bond donors (Lipinski definition) is 0. The molecule has 0 spiro atoms. The summed E-state index contributed by atoms with van der Waals surface area (Å²) in [6.07, 6.45) is 0.956. The minimum absolute atomic E-state index is 0.0446. The summed E-state index contributed by atoms with van der Waals surface area (Å²) < 4.78 is 26.1. The summed E-state index contributed by atoms with van der Waals surface area (Å²) in [5.74, 6) is 0.873. The van der Waals surface area contributed by atoms with Crippen molar-refractivity contribution in [3.05, 3.63) is 17.3 Å². The van der Waals surface area contributed by atoms with Crippen LogP contribution in [0.4, 0.5) is 15.4 Å². The third kappa shape index (κ3) is 6.13. The molecule has 42 heavy (non-hydrogen) atoms. The number of carbonyl (C=O) groups is 2.